The SMILES string of the molecule is CCOc1ccc(-c2cn3nc(CN)sc3n2)cc1. The van der Waals surface area contributed by atoms with Crippen molar-refractivity contribution in [1.29, 1.82) is 0 Å². The molecule has 1 aromatic carbocycles. The molecule has 0 aliphatic carbocycles. The van der Waals surface area contributed by atoms with Gasteiger partial charge in [0.1, 0.15) is 10.8 Å². The van der Waals surface area contributed by atoms with Gasteiger partial charge in [0, 0.05) is 12.1 Å². The third kappa shape index (κ3) is 2.32. The van der Waals surface area contributed by atoms with E-state index in [1.807, 2.05) is 37.4 Å². The van der Waals surface area contributed by atoms with Crippen LogP contribution in [0, 0.1) is 0 Å². The Morgan fingerprint density at radius 3 is 2.74 bits per heavy atom. The molecule has 98 valence electrons. The molecule has 0 radical (unpaired) electrons. The maximum Gasteiger partial charge on any atom is 0.212 e. The molecule has 3 rings (SSSR count). The van der Waals surface area contributed by atoms with Crippen LogP contribution in [-0.2, 0) is 6.54 Å². The quantitative estimate of drug-likeness (QED) is 0.793. The molecular formula is C13H14N4OS. The molecule has 0 fully saturated rings. The third-order valence-corrected chi connectivity index (χ3v) is 3.67. The summed E-state index contributed by atoms with van der Waals surface area (Å²) in [5.74, 6) is 0.871. The fourth-order valence-corrected chi connectivity index (χ4v) is 2.61. The highest BCUT2D eigenvalue weighted by atomic mass is 32.1. The lowest BCUT2D eigenvalue weighted by atomic mass is 10.2. The molecule has 6 heteroatoms. The van der Waals surface area contributed by atoms with Crippen molar-refractivity contribution in [3.8, 4) is 17.0 Å². The zero-order valence-electron chi connectivity index (χ0n) is 10.5. The number of ether oxygens (including phenoxy) is 1. The molecule has 0 atom stereocenters. The zero-order valence-corrected chi connectivity index (χ0v) is 11.4. The van der Waals surface area contributed by atoms with Crippen molar-refractivity contribution in [2.24, 2.45) is 5.73 Å². The van der Waals surface area contributed by atoms with Gasteiger partial charge in [-0.25, -0.2) is 9.50 Å². The van der Waals surface area contributed by atoms with Crippen molar-refractivity contribution < 1.29 is 4.74 Å². The summed E-state index contributed by atoms with van der Waals surface area (Å²) in [6, 6.07) is 7.90. The van der Waals surface area contributed by atoms with E-state index in [4.69, 9.17) is 10.5 Å². The van der Waals surface area contributed by atoms with E-state index in [2.05, 4.69) is 10.1 Å². The summed E-state index contributed by atoms with van der Waals surface area (Å²) >= 11 is 1.52. The molecular weight excluding hydrogens is 260 g/mol. The molecule has 3 aromatic rings. The number of rotatable bonds is 4. The molecule has 0 amide bonds. The maximum absolute atomic E-state index is 5.56. The van der Waals surface area contributed by atoms with Crippen LogP contribution in [-0.4, -0.2) is 21.2 Å². The van der Waals surface area contributed by atoms with Crippen LogP contribution < -0.4 is 10.5 Å². The zero-order chi connectivity index (χ0) is 13.2. The van der Waals surface area contributed by atoms with E-state index >= 15 is 0 Å². The first-order valence-corrected chi connectivity index (χ1v) is 6.90. The summed E-state index contributed by atoms with van der Waals surface area (Å²) in [4.78, 5) is 5.41. The summed E-state index contributed by atoms with van der Waals surface area (Å²) in [7, 11) is 0. The lowest BCUT2D eigenvalue weighted by Gasteiger charge is -2.02. The van der Waals surface area contributed by atoms with Crippen LogP contribution in [0.3, 0.4) is 0 Å². The highest BCUT2D eigenvalue weighted by molar-refractivity contribution is 7.16. The van der Waals surface area contributed by atoms with Gasteiger partial charge in [-0.15, -0.1) is 0 Å². The first-order valence-electron chi connectivity index (χ1n) is 6.08. The van der Waals surface area contributed by atoms with Crippen LogP contribution in [0.1, 0.15) is 11.9 Å². The average Bonchev–Trinajstić information content (AvgIpc) is 2.97. The van der Waals surface area contributed by atoms with Crippen LogP contribution in [0.4, 0.5) is 0 Å². The summed E-state index contributed by atoms with van der Waals surface area (Å²) in [6.45, 7) is 3.09. The van der Waals surface area contributed by atoms with Crippen molar-refractivity contribution in [3.63, 3.8) is 0 Å². The lowest BCUT2D eigenvalue weighted by molar-refractivity contribution is 0.340. The molecule has 2 N–H and O–H groups in total. The fourth-order valence-electron chi connectivity index (χ4n) is 1.85. The molecule has 0 spiro atoms. The monoisotopic (exact) mass is 274 g/mol. The molecule has 5 nitrogen and oxygen atoms in total. The number of hydrogen-bond donors (Lipinski definition) is 1. The maximum atomic E-state index is 5.56. The number of nitrogens with zero attached hydrogens (tertiary/aromatic N) is 3. The van der Waals surface area contributed by atoms with Crippen molar-refractivity contribution >= 4 is 16.3 Å². The van der Waals surface area contributed by atoms with E-state index in [1.165, 1.54) is 11.3 Å². The van der Waals surface area contributed by atoms with Crippen molar-refractivity contribution in [2.75, 3.05) is 6.61 Å². The second-order valence-electron chi connectivity index (χ2n) is 4.01. The van der Waals surface area contributed by atoms with E-state index < -0.39 is 0 Å². The van der Waals surface area contributed by atoms with E-state index in [9.17, 15) is 0 Å². The summed E-state index contributed by atoms with van der Waals surface area (Å²) in [5, 5.41) is 5.24. The van der Waals surface area contributed by atoms with Gasteiger partial charge in [0.15, 0.2) is 0 Å². The Bertz CT molecular complexity index is 655. The van der Waals surface area contributed by atoms with Gasteiger partial charge in [-0.1, -0.05) is 11.3 Å². The molecule has 2 heterocycles. The molecule has 0 aliphatic rings. The van der Waals surface area contributed by atoms with Crippen molar-refractivity contribution in [3.05, 3.63) is 35.5 Å². The fraction of sp³-hybridized carbons (Fsp3) is 0.231. The molecule has 2 aromatic heterocycles. The smallest absolute Gasteiger partial charge is 0.212 e. The molecule has 0 saturated carbocycles. The Morgan fingerprint density at radius 2 is 2.11 bits per heavy atom. The van der Waals surface area contributed by atoms with Crippen LogP contribution in [0.25, 0.3) is 16.2 Å². The van der Waals surface area contributed by atoms with Gasteiger partial charge in [-0.2, -0.15) is 5.10 Å². The Kier molecular flexibility index (Phi) is 3.18. The van der Waals surface area contributed by atoms with Crippen molar-refractivity contribution in [1.82, 2.24) is 14.6 Å². The minimum atomic E-state index is 0.451. The molecule has 0 bridgehead atoms. The minimum Gasteiger partial charge on any atom is -0.494 e. The first kappa shape index (κ1) is 12.1. The van der Waals surface area contributed by atoms with E-state index in [1.54, 1.807) is 4.52 Å². The number of fused-ring (bicyclic) bond motifs is 1. The Hall–Kier alpha value is -1.92. The second kappa shape index (κ2) is 4.99. The highest BCUT2D eigenvalue weighted by Crippen LogP contribution is 2.24. The molecule has 0 saturated heterocycles. The predicted octanol–water partition coefficient (Wildman–Crippen LogP) is 2.32. The van der Waals surface area contributed by atoms with Gasteiger partial charge in [0.25, 0.3) is 0 Å². The minimum absolute atomic E-state index is 0.451. The van der Waals surface area contributed by atoms with Crippen LogP contribution in [0.15, 0.2) is 30.5 Å². The molecule has 19 heavy (non-hydrogen) atoms. The summed E-state index contributed by atoms with van der Waals surface area (Å²) < 4.78 is 7.20. The van der Waals surface area contributed by atoms with Crippen LogP contribution >= 0.6 is 11.3 Å². The lowest BCUT2D eigenvalue weighted by Crippen LogP contribution is -1.95. The summed E-state index contributed by atoms with van der Waals surface area (Å²) in [5.41, 5.74) is 7.52. The molecule has 0 unspecified atom stereocenters. The van der Waals surface area contributed by atoms with Gasteiger partial charge in [-0.3, -0.25) is 0 Å². The van der Waals surface area contributed by atoms with E-state index in [0.717, 1.165) is 27.0 Å². The van der Waals surface area contributed by atoms with E-state index in [-0.39, 0.29) is 0 Å². The van der Waals surface area contributed by atoms with Gasteiger partial charge in [-0.05, 0) is 31.2 Å². The number of imidazole rings is 1. The number of nitrogens with two attached hydrogens (primary N) is 1. The van der Waals surface area contributed by atoms with Gasteiger partial charge < -0.3 is 10.5 Å². The second-order valence-corrected chi connectivity index (χ2v) is 5.05. The standard InChI is InChI=1S/C13H14N4OS/c1-2-18-10-5-3-9(4-6-10)11-8-17-13(15-11)19-12(7-14)16-17/h3-6,8H,2,7,14H2,1H3. The number of benzene rings is 1. The van der Waals surface area contributed by atoms with Gasteiger partial charge >= 0.3 is 0 Å². The number of aromatic nitrogens is 3. The topological polar surface area (TPSA) is 65.4 Å². The Morgan fingerprint density at radius 1 is 1.32 bits per heavy atom. The Balaban J connectivity index is 1.92. The van der Waals surface area contributed by atoms with Crippen LogP contribution in [0.5, 0.6) is 5.75 Å². The average molecular weight is 274 g/mol. The van der Waals surface area contributed by atoms with Gasteiger partial charge in [0.2, 0.25) is 4.96 Å². The normalized spacial score (nSPS) is 11.1. The summed E-state index contributed by atoms with van der Waals surface area (Å²) in [6.07, 6.45) is 1.92. The number of hydrogen-bond acceptors (Lipinski definition) is 5. The largest absolute Gasteiger partial charge is 0.494 e. The van der Waals surface area contributed by atoms with Gasteiger partial charge in [0.05, 0.1) is 18.5 Å². The first-order chi connectivity index (χ1) is 9.30. The highest BCUT2D eigenvalue weighted by Gasteiger charge is 2.08. The molecule has 0 aliphatic heterocycles. The Labute approximate surface area is 114 Å². The van der Waals surface area contributed by atoms with Crippen LogP contribution in [0.2, 0.25) is 0 Å². The third-order valence-electron chi connectivity index (χ3n) is 2.72. The van der Waals surface area contributed by atoms with Crippen molar-refractivity contribution in [2.45, 2.75) is 13.5 Å². The predicted molar refractivity (Wildman–Crippen MR) is 75.4 cm³/mol. The van der Waals surface area contributed by atoms with E-state index in [0.29, 0.717) is 13.2 Å².